The van der Waals surface area contributed by atoms with Gasteiger partial charge in [0.25, 0.3) is 0 Å². The van der Waals surface area contributed by atoms with Gasteiger partial charge in [0, 0.05) is 49.0 Å². The van der Waals surface area contributed by atoms with Gasteiger partial charge >= 0.3 is 0 Å². The minimum absolute atomic E-state index is 0.156. The van der Waals surface area contributed by atoms with Crippen LogP contribution in [0.5, 0.6) is 5.75 Å². The van der Waals surface area contributed by atoms with Gasteiger partial charge in [0.2, 0.25) is 0 Å². The largest absolute Gasteiger partial charge is 0.495 e. The highest BCUT2D eigenvalue weighted by atomic mass is 35.5. The molecule has 3 heterocycles. The lowest BCUT2D eigenvalue weighted by Gasteiger charge is -2.34. The molecule has 10 heteroatoms. The molecule has 1 aliphatic rings. The Labute approximate surface area is 197 Å². The Hall–Kier alpha value is -2.09. The van der Waals surface area contributed by atoms with E-state index in [4.69, 9.17) is 21.3 Å². The van der Waals surface area contributed by atoms with Crippen molar-refractivity contribution in [1.82, 2.24) is 9.38 Å². The van der Waals surface area contributed by atoms with Crippen LogP contribution < -0.4 is 9.64 Å². The summed E-state index contributed by atoms with van der Waals surface area (Å²) in [5.74, 6) is 0.748. The number of methoxy groups -OCH3 is 1. The van der Waals surface area contributed by atoms with Crippen molar-refractivity contribution in [3.63, 3.8) is 0 Å². The van der Waals surface area contributed by atoms with Crippen LogP contribution in [-0.4, -0.2) is 63.8 Å². The fourth-order valence-electron chi connectivity index (χ4n) is 4.42. The molecule has 4 rings (SSSR count). The van der Waals surface area contributed by atoms with Crippen molar-refractivity contribution in [2.75, 3.05) is 44.0 Å². The molecule has 0 aliphatic carbocycles. The fraction of sp³-hybridized carbons (Fsp3) is 0.435. The number of ether oxygens (including phenoxy) is 1. The Morgan fingerprint density at radius 1 is 1.18 bits per heavy atom. The molecule has 8 nitrogen and oxygen atoms in total. The molecule has 0 bridgehead atoms. The maximum Gasteiger partial charge on any atom is 0.139 e. The molecule has 0 amide bonds. The summed E-state index contributed by atoms with van der Waals surface area (Å²) in [7, 11) is -1.34. The van der Waals surface area contributed by atoms with Crippen LogP contribution in [0, 0.1) is 5.92 Å². The smallest absolute Gasteiger partial charge is 0.139 e. The van der Waals surface area contributed by atoms with E-state index in [-0.39, 0.29) is 12.5 Å². The highest BCUT2D eigenvalue weighted by Gasteiger charge is 2.28. The lowest BCUT2D eigenvalue weighted by molar-refractivity contribution is 0.281. The zero-order chi connectivity index (χ0) is 23.6. The number of pyridine rings is 1. The summed E-state index contributed by atoms with van der Waals surface area (Å²) in [4.78, 5) is 7.04. The van der Waals surface area contributed by atoms with Crippen molar-refractivity contribution < 1.29 is 24.6 Å². The molecule has 3 aromatic rings. The van der Waals surface area contributed by atoms with Gasteiger partial charge in [0.05, 0.1) is 37.1 Å². The molecule has 0 unspecified atom stereocenters. The number of aromatic nitrogens is 2. The summed E-state index contributed by atoms with van der Waals surface area (Å²) < 4.78 is 19.6. The third kappa shape index (κ3) is 5.05. The van der Waals surface area contributed by atoms with Crippen LogP contribution >= 0.6 is 18.7 Å². The number of rotatable bonds is 8. The second kappa shape index (κ2) is 10.0. The van der Waals surface area contributed by atoms with Gasteiger partial charge in [-0.1, -0.05) is 11.6 Å². The average Bonchev–Trinajstić information content (AvgIpc) is 3.27. The first-order valence-corrected chi connectivity index (χ1v) is 13.5. The van der Waals surface area contributed by atoms with E-state index in [1.165, 1.54) is 7.11 Å². The van der Waals surface area contributed by atoms with E-state index in [9.17, 15) is 19.9 Å². The number of halogens is 1. The van der Waals surface area contributed by atoms with Gasteiger partial charge in [-0.2, -0.15) is 0 Å². The Morgan fingerprint density at radius 2 is 1.91 bits per heavy atom. The number of aliphatic hydroxyl groups excluding tert-OH is 3. The molecule has 2 aromatic heterocycles. The molecule has 178 valence electrons. The molecule has 0 atom stereocenters. The molecule has 0 spiro atoms. The lowest BCUT2D eigenvalue weighted by Crippen LogP contribution is -2.35. The zero-order valence-electron chi connectivity index (χ0n) is 18.5. The quantitative estimate of drug-likeness (QED) is 0.411. The molecule has 33 heavy (non-hydrogen) atoms. The molecular weight excluding hydrogens is 465 g/mol. The molecule has 0 radical (unpaired) electrons. The maximum absolute atomic E-state index is 12.4. The van der Waals surface area contributed by atoms with Gasteiger partial charge in [-0.3, -0.25) is 0 Å². The van der Waals surface area contributed by atoms with Gasteiger partial charge < -0.3 is 33.9 Å². The summed E-state index contributed by atoms with van der Waals surface area (Å²) in [5.41, 5.74) is 3.99. The highest BCUT2D eigenvalue weighted by Crippen LogP contribution is 2.46. The number of anilines is 1. The molecule has 1 aromatic carbocycles. The maximum atomic E-state index is 12.4. The Balaban J connectivity index is 1.53. The average molecular weight is 494 g/mol. The predicted molar refractivity (Wildman–Crippen MR) is 130 cm³/mol. The number of nitrogens with zero attached hydrogens (tertiary/aromatic N) is 3. The van der Waals surface area contributed by atoms with Gasteiger partial charge in [0.1, 0.15) is 18.5 Å². The van der Waals surface area contributed by atoms with Crippen LogP contribution in [0.15, 0.2) is 36.7 Å². The number of imidazole rings is 1. The molecule has 1 fully saturated rings. The number of hydrogen-bond donors (Lipinski definition) is 3. The van der Waals surface area contributed by atoms with Gasteiger partial charge in [-0.05, 0) is 42.5 Å². The second-order valence-corrected chi connectivity index (χ2v) is 12.0. The van der Waals surface area contributed by atoms with Crippen LogP contribution in [0.25, 0.3) is 16.9 Å². The number of hydrogen-bond acceptors (Lipinski definition) is 7. The van der Waals surface area contributed by atoms with E-state index in [0.717, 1.165) is 42.8 Å². The lowest BCUT2D eigenvalue weighted by atomic mass is 9.98. The Morgan fingerprint density at radius 3 is 2.55 bits per heavy atom. The van der Waals surface area contributed by atoms with E-state index in [2.05, 4.69) is 4.90 Å². The van der Waals surface area contributed by atoms with E-state index in [0.29, 0.717) is 28.2 Å². The first kappa shape index (κ1) is 24.0. The van der Waals surface area contributed by atoms with Crippen LogP contribution in [0.2, 0.25) is 5.02 Å². The SMILES string of the molecule is COc1cc(CO)c(-c2cn3ccc(N4CCC(CP(=O)(CO)CO)CC4)cc3n2)cc1Cl. The summed E-state index contributed by atoms with van der Waals surface area (Å²) in [5, 5.41) is 28.9. The van der Waals surface area contributed by atoms with Crippen molar-refractivity contribution in [2.24, 2.45) is 5.92 Å². The third-order valence-electron chi connectivity index (χ3n) is 6.35. The Kier molecular flexibility index (Phi) is 7.31. The van der Waals surface area contributed by atoms with Crippen molar-refractivity contribution in [1.29, 1.82) is 0 Å². The van der Waals surface area contributed by atoms with Gasteiger partial charge in [-0.15, -0.1) is 0 Å². The summed E-state index contributed by atoms with van der Waals surface area (Å²) >= 11 is 6.31. The minimum atomic E-state index is -2.87. The first-order chi connectivity index (χ1) is 15.9. The third-order valence-corrected chi connectivity index (χ3v) is 8.86. The van der Waals surface area contributed by atoms with Crippen molar-refractivity contribution in [2.45, 2.75) is 19.4 Å². The van der Waals surface area contributed by atoms with Crippen LogP contribution in [0.3, 0.4) is 0 Å². The normalized spacial score (nSPS) is 15.4. The van der Waals surface area contributed by atoms with Crippen molar-refractivity contribution >= 4 is 30.1 Å². The number of piperidine rings is 1. The summed E-state index contributed by atoms with van der Waals surface area (Å²) in [6.07, 6.45) is 5.12. The zero-order valence-corrected chi connectivity index (χ0v) is 20.2. The van der Waals surface area contributed by atoms with Crippen molar-refractivity contribution in [3.8, 4) is 17.0 Å². The van der Waals surface area contributed by atoms with E-state index in [1.807, 2.05) is 28.9 Å². The minimum Gasteiger partial charge on any atom is -0.495 e. The molecule has 1 saturated heterocycles. The fourth-order valence-corrected chi connectivity index (χ4v) is 6.29. The topological polar surface area (TPSA) is 108 Å². The number of fused-ring (bicyclic) bond motifs is 1. The number of aliphatic hydroxyl groups is 3. The summed E-state index contributed by atoms with van der Waals surface area (Å²) in [6.45, 7) is 1.47. The molecule has 3 N–H and O–H groups in total. The van der Waals surface area contributed by atoms with Gasteiger partial charge in [-0.25, -0.2) is 4.98 Å². The molecule has 1 aliphatic heterocycles. The standard InChI is InChI=1S/C23H29ClN3O5P/c1-32-22-8-17(12-28)19(10-20(22)24)21-11-27-7-4-18(9-23(27)25-21)26-5-2-16(3-6-26)13-33(31,14-29)15-30/h4,7-11,16,28-30H,2-3,5-6,12-15H2,1H3. The molecule has 0 saturated carbocycles. The van der Waals surface area contributed by atoms with Crippen molar-refractivity contribution in [3.05, 3.63) is 47.2 Å². The number of benzene rings is 1. The first-order valence-electron chi connectivity index (χ1n) is 10.9. The van der Waals surface area contributed by atoms with E-state index >= 15 is 0 Å². The second-order valence-electron chi connectivity index (χ2n) is 8.53. The molecular formula is C23H29ClN3O5P. The van der Waals surface area contributed by atoms with Gasteiger partial charge in [0.15, 0.2) is 0 Å². The van der Waals surface area contributed by atoms with E-state index < -0.39 is 19.8 Å². The Bertz CT molecular complexity index is 1170. The van der Waals surface area contributed by atoms with Crippen LogP contribution in [-0.2, 0) is 11.2 Å². The van der Waals surface area contributed by atoms with E-state index in [1.54, 1.807) is 12.1 Å². The highest BCUT2D eigenvalue weighted by molar-refractivity contribution is 7.63. The summed E-state index contributed by atoms with van der Waals surface area (Å²) in [6, 6.07) is 7.56. The van der Waals surface area contributed by atoms with Crippen LogP contribution in [0.4, 0.5) is 5.69 Å². The van der Waals surface area contributed by atoms with Crippen LogP contribution in [0.1, 0.15) is 18.4 Å². The predicted octanol–water partition coefficient (Wildman–Crippen LogP) is 3.63. The monoisotopic (exact) mass is 493 g/mol.